The summed E-state index contributed by atoms with van der Waals surface area (Å²) >= 11 is 0. The topological polar surface area (TPSA) is 61.0 Å². The zero-order valence-corrected chi connectivity index (χ0v) is 15.5. The molecule has 0 spiro atoms. The Balaban J connectivity index is 2.43. The van der Waals surface area contributed by atoms with Gasteiger partial charge in [-0.3, -0.25) is 4.40 Å². The van der Waals surface area contributed by atoms with Crippen LogP contribution < -0.4 is 0 Å². The lowest BCUT2D eigenvalue weighted by molar-refractivity contribution is -0.237. The molecule has 0 saturated heterocycles. The van der Waals surface area contributed by atoms with Crippen LogP contribution in [-0.4, -0.2) is 40.7 Å². The third-order valence-corrected chi connectivity index (χ3v) is 3.81. The van der Waals surface area contributed by atoms with E-state index in [1.54, 1.807) is 0 Å². The Morgan fingerprint density at radius 3 is 2.45 bits per heavy atom. The molecule has 0 amide bonds. The smallest absolute Gasteiger partial charge is 0.425 e. The van der Waals surface area contributed by atoms with Gasteiger partial charge in [0.15, 0.2) is 17.6 Å². The van der Waals surface area contributed by atoms with Crippen LogP contribution in [0.1, 0.15) is 25.2 Å². The number of methoxy groups -OCH3 is 1. The van der Waals surface area contributed by atoms with Crippen molar-refractivity contribution in [1.82, 2.24) is 14.6 Å². The highest BCUT2D eigenvalue weighted by atomic mass is 19.4. The van der Waals surface area contributed by atoms with E-state index in [1.807, 2.05) is 0 Å². The lowest BCUT2D eigenvalue weighted by Gasteiger charge is -2.17. The molecule has 0 fully saturated rings. The summed E-state index contributed by atoms with van der Waals surface area (Å²) in [5.41, 5.74) is 0.516. The van der Waals surface area contributed by atoms with Gasteiger partial charge in [-0.05, 0) is 49.9 Å². The molecule has 29 heavy (non-hydrogen) atoms. The van der Waals surface area contributed by atoms with Gasteiger partial charge in [-0.2, -0.15) is 22.0 Å². The lowest BCUT2D eigenvalue weighted by Crippen LogP contribution is -2.28. The van der Waals surface area contributed by atoms with Crippen molar-refractivity contribution in [3.63, 3.8) is 0 Å². The molecule has 6 nitrogen and oxygen atoms in total. The molecule has 1 atom stereocenters. The molecule has 2 aromatic heterocycles. The van der Waals surface area contributed by atoms with Crippen molar-refractivity contribution in [2.24, 2.45) is 4.99 Å². The maximum atomic E-state index is 14.3. The molecule has 0 aromatic carbocycles. The van der Waals surface area contributed by atoms with Crippen LogP contribution in [0.25, 0.3) is 11.2 Å². The first-order chi connectivity index (χ1) is 13.4. The minimum atomic E-state index is -4.72. The molecule has 0 aliphatic carbocycles. The van der Waals surface area contributed by atoms with E-state index in [0.717, 1.165) is 17.6 Å². The Hall–Kier alpha value is -2.89. The van der Waals surface area contributed by atoms with Crippen molar-refractivity contribution >= 4 is 17.9 Å². The van der Waals surface area contributed by atoms with Crippen molar-refractivity contribution in [2.45, 2.75) is 32.2 Å². The van der Waals surface area contributed by atoms with Gasteiger partial charge in [0, 0.05) is 13.3 Å². The fraction of sp³-hybridized carbons (Fsp3) is 0.353. The summed E-state index contributed by atoms with van der Waals surface area (Å²) in [7, 11) is 0.794. The Morgan fingerprint density at radius 1 is 1.24 bits per heavy atom. The monoisotopic (exact) mass is 422 g/mol. The molecule has 0 aliphatic rings. The molecule has 0 bridgehead atoms. The van der Waals surface area contributed by atoms with Gasteiger partial charge in [-0.15, -0.1) is 10.2 Å². The van der Waals surface area contributed by atoms with E-state index in [0.29, 0.717) is 6.92 Å². The number of hydrogen-bond acceptors (Lipinski definition) is 5. The maximum absolute atomic E-state index is 14.3. The van der Waals surface area contributed by atoms with Crippen molar-refractivity contribution in [3.8, 4) is 0 Å². The number of alkyl halides is 5. The van der Waals surface area contributed by atoms with Crippen molar-refractivity contribution in [2.75, 3.05) is 7.11 Å². The number of aliphatic imine (C=N–C) groups is 1. The Morgan fingerprint density at radius 2 is 1.90 bits per heavy atom. The van der Waals surface area contributed by atoms with Crippen LogP contribution in [0.5, 0.6) is 0 Å². The number of rotatable bonds is 7. The van der Waals surface area contributed by atoms with Gasteiger partial charge in [0.2, 0.25) is 11.7 Å². The molecule has 2 aromatic rings. The number of halogens is 6. The van der Waals surface area contributed by atoms with Crippen LogP contribution in [0.3, 0.4) is 0 Å². The van der Waals surface area contributed by atoms with Crippen LogP contribution in [0.2, 0.25) is 0 Å². The highest BCUT2D eigenvalue weighted by Crippen LogP contribution is 2.29. The Bertz CT molecular complexity index is 964. The van der Waals surface area contributed by atoms with E-state index < -0.39 is 35.9 Å². The minimum Gasteiger partial charge on any atom is -0.463 e. The molecule has 0 N–H and O–H groups in total. The zero-order chi connectivity index (χ0) is 22.0. The van der Waals surface area contributed by atoms with Gasteiger partial charge in [0.1, 0.15) is 0 Å². The summed E-state index contributed by atoms with van der Waals surface area (Å²) in [4.78, 5) is 3.13. The molecule has 0 aliphatic heterocycles. The summed E-state index contributed by atoms with van der Waals surface area (Å²) < 4.78 is 89.2. The maximum Gasteiger partial charge on any atom is 0.425 e. The molecule has 12 heteroatoms. The first kappa shape index (κ1) is 22.4. The van der Waals surface area contributed by atoms with Crippen molar-refractivity contribution < 1.29 is 35.8 Å². The third-order valence-electron chi connectivity index (χ3n) is 3.81. The van der Waals surface area contributed by atoms with Crippen LogP contribution in [0.4, 0.5) is 26.3 Å². The van der Waals surface area contributed by atoms with Gasteiger partial charge >= 0.3 is 12.3 Å². The average Bonchev–Trinajstić information content (AvgIpc) is 3.08. The normalized spacial score (nSPS) is 15.3. The first-order valence-corrected chi connectivity index (χ1v) is 7.97. The van der Waals surface area contributed by atoms with Crippen LogP contribution >= 0.6 is 0 Å². The van der Waals surface area contributed by atoms with Gasteiger partial charge in [-0.1, -0.05) is 0 Å². The molecule has 0 unspecified atom stereocenters. The van der Waals surface area contributed by atoms with Gasteiger partial charge in [0.05, 0.1) is 0 Å². The summed E-state index contributed by atoms with van der Waals surface area (Å²) in [6.07, 6.45) is -8.71. The molecule has 2 heterocycles. The summed E-state index contributed by atoms with van der Waals surface area (Å²) in [6.45, 7) is 5.09. The Labute approximate surface area is 161 Å². The predicted molar refractivity (Wildman–Crippen MR) is 91.8 cm³/mol. The SMILES string of the molecule is C=N/C(O[C@H](C)C(F)(F)F)=C(F)\C=C(/C)c1ccc2nnc(C(F)(F)OC)n2c1. The summed E-state index contributed by atoms with van der Waals surface area (Å²) in [5.74, 6) is -2.97. The predicted octanol–water partition coefficient (Wildman–Crippen LogP) is 4.63. The standard InChI is InChI=1S/C17H16F6N4O2/c1-9(7-12(18)14(24-3)29-10(2)16(19,20)21)11-5-6-13-25-26-15(27(13)8-11)17(22,23)28-4/h5-8,10H,3H2,1-2,4H3/b9-7+,14-12-/t10-/m1/s1. The van der Waals surface area contributed by atoms with E-state index in [-0.39, 0.29) is 16.8 Å². The second-order valence-electron chi connectivity index (χ2n) is 5.83. The van der Waals surface area contributed by atoms with E-state index in [2.05, 4.69) is 31.4 Å². The highest BCUT2D eigenvalue weighted by Gasteiger charge is 2.39. The largest absolute Gasteiger partial charge is 0.463 e. The second kappa shape index (κ2) is 8.23. The van der Waals surface area contributed by atoms with Crippen LogP contribution in [0.15, 0.2) is 41.1 Å². The van der Waals surface area contributed by atoms with Crippen molar-refractivity contribution in [3.05, 3.63) is 47.5 Å². The number of aromatic nitrogens is 3. The van der Waals surface area contributed by atoms with Crippen LogP contribution in [-0.2, 0) is 15.6 Å². The van der Waals surface area contributed by atoms with E-state index in [9.17, 15) is 26.3 Å². The highest BCUT2D eigenvalue weighted by molar-refractivity contribution is 5.66. The minimum absolute atomic E-state index is 0.0834. The number of fused-ring (bicyclic) bond motifs is 1. The Kier molecular flexibility index (Phi) is 6.36. The van der Waals surface area contributed by atoms with Crippen molar-refractivity contribution in [1.29, 1.82) is 0 Å². The van der Waals surface area contributed by atoms with Gasteiger partial charge in [0.25, 0.3) is 0 Å². The van der Waals surface area contributed by atoms with E-state index >= 15 is 0 Å². The molecule has 158 valence electrons. The fourth-order valence-electron chi connectivity index (χ4n) is 2.15. The molecular formula is C17H16F6N4O2. The quantitative estimate of drug-likeness (QED) is 0.282. The first-order valence-electron chi connectivity index (χ1n) is 7.97. The fourth-order valence-corrected chi connectivity index (χ4v) is 2.15. The molecule has 2 rings (SSSR count). The molecular weight excluding hydrogens is 406 g/mol. The van der Waals surface area contributed by atoms with Crippen LogP contribution in [0, 0.1) is 0 Å². The molecule has 0 saturated carbocycles. The number of allylic oxidation sites excluding steroid dienone is 3. The number of hydrogen-bond donors (Lipinski definition) is 0. The molecule has 0 radical (unpaired) electrons. The number of ether oxygens (including phenoxy) is 2. The number of pyridine rings is 1. The zero-order valence-electron chi connectivity index (χ0n) is 15.5. The summed E-state index contributed by atoms with van der Waals surface area (Å²) in [6, 6.07) is 2.80. The van der Waals surface area contributed by atoms with Gasteiger partial charge < -0.3 is 9.47 Å². The second-order valence-corrected chi connectivity index (χ2v) is 5.83. The lowest BCUT2D eigenvalue weighted by atomic mass is 10.1. The summed E-state index contributed by atoms with van der Waals surface area (Å²) in [5, 5.41) is 6.97. The van der Waals surface area contributed by atoms with Gasteiger partial charge in [-0.25, -0.2) is 9.38 Å². The number of nitrogens with zero attached hydrogens (tertiary/aromatic N) is 4. The average molecular weight is 422 g/mol. The van der Waals surface area contributed by atoms with E-state index in [4.69, 9.17) is 0 Å². The van der Waals surface area contributed by atoms with E-state index in [1.165, 1.54) is 25.3 Å². The third kappa shape index (κ3) is 4.94.